The van der Waals surface area contributed by atoms with Crippen LogP contribution in [0.3, 0.4) is 0 Å². The number of nitrogens with one attached hydrogen (secondary N) is 2. The summed E-state index contributed by atoms with van der Waals surface area (Å²) in [5, 5.41) is 5.41. The minimum atomic E-state index is -0.590. The lowest BCUT2D eigenvalue weighted by Gasteiger charge is -2.07. The van der Waals surface area contributed by atoms with Gasteiger partial charge in [0.2, 0.25) is 11.9 Å². The van der Waals surface area contributed by atoms with Crippen LogP contribution in [-0.2, 0) is 4.79 Å². The van der Waals surface area contributed by atoms with E-state index in [1.165, 1.54) is 0 Å². The van der Waals surface area contributed by atoms with E-state index in [1.807, 2.05) is 6.92 Å². The first-order valence-electron chi connectivity index (χ1n) is 5.42. The monoisotopic (exact) mass is 241 g/mol. The van der Waals surface area contributed by atoms with Crippen molar-refractivity contribution in [3.63, 3.8) is 0 Å². The second-order valence-electron chi connectivity index (χ2n) is 3.45. The predicted octanol–water partition coefficient (Wildman–Crippen LogP) is 0.526. The topological polar surface area (TPSA) is 92.9 Å². The third-order valence-corrected chi connectivity index (χ3v) is 1.98. The number of anilines is 2. The van der Waals surface area contributed by atoms with E-state index < -0.39 is 5.82 Å². The van der Waals surface area contributed by atoms with E-state index in [9.17, 15) is 9.18 Å². The third-order valence-electron chi connectivity index (χ3n) is 1.98. The molecule has 0 aromatic carbocycles. The third kappa shape index (κ3) is 4.62. The van der Waals surface area contributed by atoms with E-state index in [0.29, 0.717) is 13.1 Å². The number of hydrogen-bond donors (Lipinski definition) is 3. The molecule has 94 valence electrons. The van der Waals surface area contributed by atoms with Crippen molar-refractivity contribution >= 4 is 17.7 Å². The van der Waals surface area contributed by atoms with Gasteiger partial charge in [-0.2, -0.15) is 4.98 Å². The molecule has 17 heavy (non-hydrogen) atoms. The molecule has 0 aliphatic heterocycles. The van der Waals surface area contributed by atoms with Crippen molar-refractivity contribution < 1.29 is 9.18 Å². The molecule has 0 bridgehead atoms. The lowest BCUT2D eigenvalue weighted by Crippen LogP contribution is -2.26. The Morgan fingerprint density at radius 3 is 3.00 bits per heavy atom. The molecule has 7 heteroatoms. The summed E-state index contributed by atoms with van der Waals surface area (Å²) in [5.74, 6) is -0.667. The zero-order valence-electron chi connectivity index (χ0n) is 9.66. The molecule has 1 rings (SSSR count). The Bertz CT molecular complexity index is 385. The first-order valence-corrected chi connectivity index (χ1v) is 5.42. The fraction of sp³-hybridized carbons (Fsp3) is 0.500. The molecular formula is C10H16FN5O. The maximum atomic E-state index is 13.2. The van der Waals surface area contributed by atoms with E-state index in [4.69, 9.17) is 5.73 Å². The Kier molecular flexibility index (Phi) is 5.12. The predicted molar refractivity (Wildman–Crippen MR) is 62.8 cm³/mol. The lowest BCUT2D eigenvalue weighted by molar-refractivity contribution is -0.120. The number of nitrogens with zero attached hydrogens (tertiary/aromatic N) is 2. The first kappa shape index (κ1) is 13.1. The van der Waals surface area contributed by atoms with Gasteiger partial charge in [-0.25, -0.2) is 9.37 Å². The molecule has 1 aromatic rings. The van der Waals surface area contributed by atoms with Gasteiger partial charge in [-0.05, 0) is 6.42 Å². The molecule has 0 saturated heterocycles. The SMILES string of the molecule is CCCNC(=O)CCNc1nc(N)ncc1F. The van der Waals surface area contributed by atoms with Crippen LogP contribution in [0.4, 0.5) is 16.2 Å². The van der Waals surface area contributed by atoms with Crippen LogP contribution in [0.1, 0.15) is 19.8 Å². The summed E-state index contributed by atoms with van der Waals surface area (Å²) in [6.45, 7) is 2.91. The second kappa shape index (κ2) is 6.62. The molecular weight excluding hydrogens is 225 g/mol. The Morgan fingerprint density at radius 2 is 2.29 bits per heavy atom. The number of carbonyl (C=O) groups is 1. The van der Waals surface area contributed by atoms with Gasteiger partial charge in [0.1, 0.15) is 0 Å². The van der Waals surface area contributed by atoms with Gasteiger partial charge >= 0.3 is 0 Å². The van der Waals surface area contributed by atoms with Crippen molar-refractivity contribution in [2.75, 3.05) is 24.1 Å². The summed E-state index contributed by atoms with van der Waals surface area (Å²) in [4.78, 5) is 18.4. The molecule has 1 amide bonds. The van der Waals surface area contributed by atoms with E-state index in [1.54, 1.807) is 0 Å². The van der Waals surface area contributed by atoms with Gasteiger partial charge in [0, 0.05) is 19.5 Å². The Labute approximate surface area is 98.8 Å². The molecule has 4 N–H and O–H groups in total. The van der Waals surface area contributed by atoms with Gasteiger partial charge in [0.05, 0.1) is 6.20 Å². The average Bonchev–Trinajstić information content (AvgIpc) is 2.31. The summed E-state index contributed by atoms with van der Waals surface area (Å²) in [5.41, 5.74) is 5.32. The highest BCUT2D eigenvalue weighted by molar-refractivity contribution is 5.76. The van der Waals surface area contributed by atoms with Crippen LogP contribution in [0.25, 0.3) is 0 Å². The van der Waals surface area contributed by atoms with Crippen LogP contribution in [0.15, 0.2) is 6.20 Å². The normalized spacial score (nSPS) is 10.0. The largest absolute Gasteiger partial charge is 0.368 e. The smallest absolute Gasteiger partial charge is 0.222 e. The van der Waals surface area contributed by atoms with Crippen molar-refractivity contribution in [2.24, 2.45) is 0 Å². The second-order valence-corrected chi connectivity index (χ2v) is 3.45. The highest BCUT2D eigenvalue weighted by Crippen LogP contribution is 2.09. The minimum Gasteiger partial charge on any atom is -0.368 e. The number of nitrogen functional groups attached to an aromatic ring is 1. The minimum absolute atomic E-state index is 0.00988. The quantitative estimate of drug-likeness (QED) is 0.675. The molecule has 0 saturated carbocycles. The first-order chi connectivity index (χ1) is 8.13. The van der Waals surface area contributed by atoms with Crippen molar-refractivity contribution in [3.8, 4) is 0 Å². The van der Waals surface area contributed by atoms with Crippen LogP contribution >= 0.6 is 0 Å². The summed E-state index contributed by atoms with van der Waals surface area (Å²) in [7, 11) is 0. The summed E-state index contributed by atoms with van der Waals surface area (Å²) in [6.07, 6.45) is 2.13. The van der Waals surface area contributed by atoms with Crippen LogP contribution < -0.4 is 16.4 Å². The van der Waals surface area contributed by atoms with E-state index in [-0.39, 0.29) is 24.1 Å². The van der Waals surface area contributed by atoms with Gasteiger partial charge in [0.15, 0.2) is 11.6 Å². The van der Waals surface area contributed by atoms with E-state index in [2.05, 4.69) is 20.6 Å². The highest BCUT2D eigenvalue weighted by Gasteiger charge is 2.05. The number of nitrogens with two attached hydrogens (primary N) is 1. The maximum Gasteiger partial charge on any atom is 0.222 e. The number of carbonyl (C=O) groups excluding carboxylic acids is 1. The number of halogens is 1. The molecule has 0 spiro atoms. The van der Waals surface area contributed by atoms with E-state index >= 15 is 0 Å². The molecule has 0 aliphatic carbocycles. The summed E-state index contributed by atoms with van der Waals surface area (Å²) < 4.78 is 13.2. The van der Waals surface area contributed by atoms with Crippen LogP contribution in [0.2, 0.25) is 0 Å². The number of aromatic nitrogens is 2. The molecule has 0 radical (unpaired) electrons. The van der Waals surface area contributed by atoms with Crippen LogP contribution in [-0.4, -0.2) is 29.0 Å². The van der Waals surface area contributed by atoms with Crippen molar-refractivity contribution in [1.29, 1.82) is 0 Å². The molecule has 1 aromatic heterocycles. The molecule has 1 heterocycles. The Hall–Kier alpha value is -1.92. The molecule has 0 atom stereocenters. The fourth-order valence-corrected chi connectivity index (χ4v) is 1.15. The van der Waals surface area contributed by atoms with Crippen LogP contribution in [0.5, 0.6) is 0 Å². The van der Waals surface area contributed by atoms with Crippen molar-refractivity contribution in [1.82, 2.24) is 15.3 Å². The van der Waals surface area contributed by atoms with Gasteiger partial charge in [-0.15, -0.1) is 0 Å². The molecule has 0 fully saturated rings. The Morgan fingerprint density at radius 1 is 1.53 bits per heavy atom. The van der Waals surface area contributed by atoms with Gasteiger partial charge in [-0.1, -0.05) is 6.92 Å². The standard InChI is InChI=1S/C10H16FN5O/c1-2-4-13-8(17)3-5-14-9-7(11)6-15-10(12)16-9/h6H,2-5H2,1H3,(H,13,17)(H3,12,14,15,16). The van der Waals surface area contributed by atoms with Crippen molar-refractivity contribution in [3.05, 3.63) is 12.0 Å². The van der Waals surface area contributed by atoms with E-state index in [0.717, 1.165) is 12.6 Å². The zero-order valence-corrected chi connectivity index (χ0v) is 9.66. The fourth-order valence-electron chi connectivity index (χ4n) is 1.15. The zero-order chi connectivity index (χ0) is 12.7. The summed E-state index contributed by atoms with van der Waals surface area (Å²) >= 11 is 0. The number of rotatable bonds is 6. The highest BCUT2D eigenvalue weighted by atomic mass is 19.1. The Balaban J connectivity index is 2.35. The van der Waals surface area contributed by atoms with Gasteiger partial charge < -0.3 is 16.4 Å². The molecule has 0 unspecified atom stereocenters. The van der Waals surface area contributed by atoms with Gasteiger partial charge in [0.25, 0.3) is 0 Å². The molecule has 6 nitrogen and oxygen atoms in total. The van der Waals surface area contributed by atoms with Crippen LogP contribution in [0, 0.1) is 5.82 Å². The lowest BCUT2D eigenvalue weighted by atomic mass is 10.3. The average molecular weight is 241 g/mol. The number of hydrogen-bond acceptors (Lipinski definition) is 5. The maximum absolute atomic E-state index is 13.2. The number of amides is 1. The van der Waals surface area contributed by atoms with Crippen molar-refractivity contribution in [2.45, 2.75) is 19.8 Å². The van der Waals surface area contributed by atoms with Gasteiger partial charge in [-0.3, -0.25) is 4.79 Å². The summed E-state index contributed by atoms with van der Waals surface area (Å²) in [6, 6.07) is 0. The molecule has 0 aliphatic rings.